The lowest BCUT2D eigenvalue weighted by atomic mass is 10.2. The number of hydrogen-bond donors (Lipinski definition) is 4. The monoisotopic (exact) mass is 321 g/mol. The number of benzene rings is 1. The first kappa shape index (κ1) is 15.4. The number of anilines is 1. The average molecular weight is 321 g/mol. The van der Waals surface area contributed by atoms with Crippen LogP contribution in [0.2, 0.25) is 0 Å². The van der Waals surface area contributed by atoms with E-state index in [1.54, 1.807) is 0 Å². The molecule has 120 valence electrons. The molecule has 2 aromatic heterocycles. The summed E-state index contributed by atoms with van der Waals surface area (Å²) in [5.41, 5.74) is 7.19. The van der Waals surface area contributed by atoms with Crippen molar-refractivity contribution in [2.24, 2.45) is 0 Å². The van der Waals surface area contributed by atoms with Gasteiger partial charge in [-0.1, -0.05) is 24.0 Å². The Morgan fingerprint density at radius 2 is 2.12 bits per heavy atom. The Bertz CT molecular complexity index is 974. The summed E-state index contributed by atoms with van der Waals surface area (Å²) in [5.74, 6) is 5.54. The summed E-state index contributed by atoms with van der Waals surface area (Å²) >= 11 is 0. The molecular formula is C17H15N5O2. The number of aromatic nitrogens is 3. The van der Waals surface area contributed by atoms with E-state index in [4.69, 9.17) is 5.73 Å². The second-order valence-corrected chi connectivity index (χ2v) is 5.06. The molecule has 1 aromatic carbocycles. The highest BCUT2D eigenvalue weighted by Gasteiger charge is 2.09. The van der Waals surface area contributed by atoms with Crippen LogP contribution in [0, 0.1) is 11.8 Å². The lowest BCUT2D eigenvalue weighted by Crippen LogP contribution is -2.25. The Labute approximate surface area is 137 Å². The fourth-order valence-corrected chi connectivity index (χ4v) is 2.13. The molecule has 0 fully saturated rings. The summed E-state index contributed by atoms with van der Waals surface area (Å²) in [5, 5.41) is 2.73. The molecule has 0 saturated heterocycles. The van der Waals surface area contributed by atoms with Crippen LogP contribution in [0.5, 0.6) is 0 Å². The first-order chi connectivity index (χ1) is 11.6. The zero-order valence-electron chi connectivity index (χ0n) is 12.7. The van der Waals surface area contributed by atoms with Crippen molar-refractivity contribution in [1.82, 2.24) is 20.3 Å². The number of fused-ring (bicyclic) bond motifs is 1. The van der Waals surface area contributed by atoms with E-state index in [9.17, 15) is 9.59 Å². The quantitative estimate of drug-likeness (QED) is 0.425. The van der Waals surface area contributed by atoms with E-state index >= 15 is 0 Å². The van der Waals surface area contributed by atoms with Gasteiger partial charge in [0.25, 0.3) is 5.91 Å². The van der Waals surface area contributed by atoms with Crippen LogP contribution < -0.4 is 16.5 Å². The van der Waals surface area contributed by atoms with Gasteiger partial charge < -0.3 is 21.0 Å². The van der Waals surface area contributed by atoms with E-state index in [0.29, 0.717) is 18.5 Å². The molecule has 0 aliphatic rings. The van der Waals surface area contributed by atoms with Crippen LogP contribution in [0.4, 0.5) is 5.69 Å². The number of carbonyl (C=O) groups excluding carboxylic acids is 1. The third kappa shape index (κ3) is 3.28. The van der Waals surface area contributed by atoms with Crippen molar-refractivity contribution in [3.8, 4) is 11.8 Å². The fourth-order valence-electron chi connectivity index (χ4n) is 2.13. The fraction of sp³-hybridized carbons (Fsp3) is 0.118. The van der Waals surface area contributed by atoms with Crippen LogP contribution in [0.1, 0.15) is 22.6 Å². The number of nitrogens with one attached hydrogen (secondary N) is 3. The molecule has 0 unspecified atom stereocenters. The van der Waals surface area contributed by atoms with Gasteiger partial charge in [-0.05, 0) is 12.1 Å². The molecule has 0 aliphatic heterocycles. The second-order valence-electron chi connectivity index (χ2n) is 5.06. The molecule has 24 heavy (non-hydrogen) atoms. The molecule has 7 heteroatoms. The molecule has 0 bridgehead atoms. The molecule has 0 spiro atoms. The molecule has 1 amide bonds. The number of imidazole rings is 1. The van der Waals surface area contributed by atoms with Gasteiger partial charge in [-0.15, -0.1) is 0 Å². The zero-order valence-corrected chi connectivity index (χ0v) is 12.7. The molecule has 5 N–H and O–H groups in total. The van der Waals surface area contributed by atoms with Crippen LogP contribution in [0.25, 0.3) is 11.0 Å². The lowest BCUT2D eigenvalue weighted by Gasteiger charge is -1.98. The SMILES string of the molecule is Nc1c[nH]cc(C#CCCNC(=O)c2nc3ccccc3[nH]2)c1=O. The summed E-state index contributed by atoms with van der Waals surface area (Å²) in [6, 6.07) is 7.42. The Morgan fingerprint density at radius 3 is 2.96 bits per heavy atom. The predicted molar refractivity (Wildman–Crippen MR) is 91.4 cm³/mol. The van der Waals surface area contributed by atoms with Gasteiger partial charge in [0.05, 0.1) is 22.3 Å². The minimum Gasteiger partial charge on any atom is -0.394 e. The summed E-state index contributed by atoms with van der Waals surface area (Å²) in [4.78, 5) is 33.6. The van der Waals surface area contributed by atoms with Gasteiger partial charge in [-0.3, -0.25) is 9.59 Å². The Kier molecular flexibility index (Phi) is 4.29. The van der Waals surface area contributed by atoms with Crippen LogP contribution in [-0.4, -0.2) is 27.4 Å². The van der Waals surface area contributed by atoms with Crippen LogP contribution in [-0.2, 0) is 0 Å². The topological polar surface area (TPSA) is 117 Å². The van der Waals surface area contributed by atoms with E-state index in [1.807, 2.05) is 24.3 Å². The highest BCUT2D eigenvalue weighted by atomic mass is 16.2. The third-order valence-corrected chi connectivity index (χ3v) is 3.34. The molecule has 0 aliphatic carbocycles. The van der Waals surface area contributed by atoms with Crippen molar-refractivity contribution < 1.29 is 4.79 Å². The summed E-state index contributed by atoms with van der Waals surface area (Å²) in [6.45, 7) is 0.350. The van der Waals surface area contributed by atoms with Gasteiger partial charge in [0.2, 0.25) is 5.43 Å². The zero-order chi connectivity index (χ0) is 16.9. The van der Waals surface area contributed by atoms with E-state index in [0.717, 1.165) is 11.0 Å². The van der Waals surface area contributed by atoms with Crippen LogP contribution >= 0.6 is 0 Å². The van der Waals surface area contributed by atoms with Crippen molar-refractivity contribution in [2.75, 3.05) is 12.3 Å². The second kappa shape index (κ2) is 6.71. The van der Waals surface area contributed by atoms with Gasteiger partial charge in [0.15, 0.2) is 5.82 Å². The van der Waals surface area contributed by atoms with Gasteiger partial charge in [0.1, 0.15) is 0 Å². The first-order valence-electron chi connectivity index (χ1n) is 7.33. The number of hydrogen-bond acceptors (Lipinski definition) is 4. The molecule has 2 heterocycles. The van der Waals surface area contributed by atoms with Crippen molar-refractivity contribution in [3.05, 3.63) is 58.3 Å². The Morgan fingerprint density at radius 1 is 1.29 bits per heavy atom. The number of nitrogen functional groups attached to an aromatic ring is 1. The number of carbonyl (C=O) groups is 1. The highest BCUT2D eigenvalue weighted by Crippen LogP contribution is 2.09. The maximum atomic E-state index is 12.0. The number of nitrogens with zero attached hydrogens (tertiary/aromatic N) is 1. The predicted octanol–water partition coefficient (Wildman–Crippen LogP) is 1.00. The van der Waals surface area contributed by atoms with Gasteiger partial charge in [-0.25, -0.2) is 4.98 Å². The number of para-hydroxylation sites is 2. The molecule has 0 radical (unpaired) electrons. The van der Waals surface area contributed by atoms with Crippen molar-refractivity contribution >= 4 is 22.6 Å². The smallest absolute Gasteiger partial charge is 0.287 e. The van der Waals surface area contributed by atoms with Gasteiger partial charge in [0, 0.05) is 25.4 Å². The van der Waals surface area contributed by atoms with Gasteiger partial charge >= 0.3 is 0 Å². The maximum absolute atomic E-state index is 12.0. The number of rotatable bonds is 3. The molecule has 0 atom stereocenters. The minimum absolute atomic E-state index is 0.125. The van der Waals surface area contributed by atoms with Crippen molar-refractivity contribution in [3.63, 3.8) is 0 Å². The highest BCUT2D eigenvalue weighted by molar-refractivity contribution is 5.94. The van der Waals surface area contributed by atoms with E-state index in [1.165, 1.54) is 12.4 Å². The normalized spacial score (nSPS) is 10.2. The van der Waals surface area contributed by atoms with E-state index < -0.39 is 0 Å². The van der Waals surface area contributed by atoms with Crippen molar-refractivity contribution in [1.29, 1.82) is 0 Å². The number of H-pyrrole nitrogens is 2. The molecule has 7 nitrogen and oxygen atoms in total. The standard InChI is InChI=1S/C17H15N5O2/c18-12-10-19-9-11(15(12)23)5-3-4-8-20-17(24)16-21-13-6-1-2-7-14(13)22-16/h1-2,6-7,9-10H,4,8,18H2,(H,19,23)(H,20,24)(H,21,22). The third-order valence-electron chi connectivity index (χ3n) is 3.34. The van der Waals surface area contributed by atoms with E-state index in [2.05, 4.69) is 32.1 Å². The Balaban J connectivity index is 1.57. The number of aromatic amines is 2. The Hall–Kier alpha value is -3.53. The van der Waals surface area contributed by atoms with E-state index in [-0.39, 0.29) is 22.8 Å². The largest absolute Gasteiger partial charge is 0.394 e. The molecule has 3 aromatic rings. The van der Waals surface area contributed by atoms with Crippen LogP contribution in [0.3, 0.4) is 0 Å². The first-order valence-corrected chi connectivity index (χ1v) is 7.33. The molecule has 3 rings (SSSR count). The van der Waals surface area contributed by atoms with Gasteiger partial charge in [-0.2, -0.15) is 0 Å². The summed E-state index contributed by atoms with van der Waals surface area (Å²) in [7, 11) is 0. The number of nitrogens with two attached hydrogens (primary N) is 1. The van der Waals surface area contributed by atoms with Crippen LogP contribution in [0.15, 0.2) is 41.5 Å². The van der Waals surface area contributed by atoms with Crippen molar-refractivity contribution in [2.45, 2.75) is 6.42 Å². The minimum atomic E-state index is -0.299. The average Bonchev–Trinajstić information content (AvgIpc) is 3.02. The molecular weight excluding hydrogens is 306 g/mol. The maximum Gasteiger partial charge on any atom is 0.287 e. The molecule has 0 saturated carbocycles. The number of amides is 1. The lowest BCUT2D eigenvalue weighted by molar-refractivity contribution is 0.0945. The summed E-state index contributed by atoms with van der Waals surface area (Å²) in [6.07, 6.45) is 3.32. The summed E-state index contributed by atoms with van der Waals surface area (Å²) < 4.78 is 0. The number of pyridine rings is 1.